The predicted octanol–water partition coefficient (Wildman–Crippen LogP) is 1.91. The van der Waals surface area contributed by atoms with Gasteiger partial charge in [0.25, 0.3) is 11.5 Å². The molecule has 1 fully saturated rings. The lowest BCUT2D eigenvalue weighted by atomic mass is 10.2. The van der Waals surface area contributed by atoms with Gasteiger partial charge in [0.15, 0.2) is 0 Å². The van der Waals surface area contributed by atoms with E-state index in [1.807, 2.05) is 6.07 Å². The number of carbonyl (C=O) groups is 1. The third kappa shape index (κ3) is 7.09. The Kier molecular flexibility index (Phi) is 8.19. The van der Waals surface area contributed by atoms with Crippen LogP contribution in [-0.4, -0.2) is 68.3 Å². The first-order valence-corrected chi connectivity index (χ1v) is 14.0. The number of hydrogen-bond donors (Lipinski definition) is 2. The van der Waals surface area contributed by atoms with Crippen LogP contribution in [0.5, 0.6) is 0 Å². The Hall–Kier alpha value is -2.35. The number of sulfone groups is 1. The molecule has 1 saturated heterocycles. The summed E-state index contributed by atoms with van der Waals surface area (Å²) in [6.07, 6.45) is 0.342. The fourth-order valence-electron chi connectivity index (χ4n) is 3.55. The quantitative estimate of drug-likeness (QED) is 0.419. The summed E-state index contributed by atoms with van der Waals surface area (Å²) in [5.41, 5.74) is 1.04. The Balaban J connectivity index is 1.31. The topological polar surface area (TPSA) is 137 Å². The zero-order chi connectivity index (χ0) is 25.0. The lowest BCUT2D eigenvalue weighted by Gasteiger charge is -2.28. The van der Waals surface area contributed by atoms with Gasteiger partial charge in [-0.1, -0.05) is 23.7 Å². The first-order chi connectivity index (χ1) is 16.7. The van der Waals surface area contributed by atoms with Crippen molar-refractivity contribution in [3.05, 3.63) is 62.0 Å². The number of halogens is 1. The molecule has 0 aliphatic carbocycles. The molecule has 35 heavy (non-hydrogen) atoms. The number of rotatable bonds is 9. The monoisotopic (exact) mass is 541 g/mol. The Bertz CT molecular complexity index is 1360. The van der Waals surface area contributed by atoms with Crippen molar-refractivity contribution >= 4 is 48.9 Å². The largest absolute Gasteiger partial charge is 0.374 e. The van der Waals surface area contributed by atoms with Gasteiger partial charge in [0.05, 0.1) is 43.7 Å². The number of nitrogens with one attached hydrogen (secondary N) is 2. The summed E-state index contributed by atoms with van der Waals surface area (Å²) >= 11 is 7.20. The zero-order valence-corrected chi connectivity index (χ0v) is 21.2. The van der Waals surface area contributed by atoms with Gasteiger partial charge in [-0.15, -0.1) is 11.3 Å². The van der Waals surface area contributed by atoms with E-state index in [1.54, 1.807) is 23.6 Å². The Morgan fingerprint density at radius 2 is 2.09 bits per heavy atom. The first-order valence-electron chi connectivity index (χ1n) is 10.7. The van der Waals surface area contributed by atoms with Crippen molar-refractivity contribution in [2.24, 2.45) is 0 Å². The number of amides is 1. The third-order valence-electron chi connectivity index (χ3n) is 5.16. The molecule has 1 aliphatic heterocycles. The van der Waals surface area contributed by atoms with E-state index in [4.69, 9.17) is 25.8 Å². The number of fused-ring (bicyclic) bond motifs is 1. The van der Waals surface area contributed by atoms with Crippen LogP contribution in [-0.2, 0) is 37.2 Å². The van der Waals surface area contributed by atoms with Crippen LogP contribution in [0.25, 0.3) is 10.2 Å². The number of aromatic nitrogens is 2. The van der Waals surface area contributed by atoms with Gasteiger partial charge in [0.2, 0.25) is 5.82 Å². The van der Waals surface area contributed by atoms with Crippen LogP contribution in [0.4, 0.5) is 0 Å². The molecule has 0 bridgehead atoms. The molecule has 1 aliphatic rings. The van der Waals surface area contributed by atoms with Crippen LogP contribution in [0.1, 0.15) is 21.7 Å². The van der Waals surface area contributed by atoms with Crippen LogP contribution in [0.2, 0.25) is 5.02 Å². The molecule has 2 aromatic heterocycles. The summed E-state index contributed by atoms with van der Waals surface area (Å²) in [5.74, 6) is -0.660. The highest BCUT2D eigenvalue weighted by molar-refractivity contribution is 7.90. The van der Waals surface area contributed by atoms with Gasteiger partial charge in [-0.05, 0) is 23.1 Å². The van der Waals surface area contributed by atoms with Gasteiger partial charge in [0.1, 0.15) is 20.8 Å². The molecule has 188 valence electrons. The van der Waals surface area contributed by atoms with Gasteiger partial charge >= 0.3 is 0 Å². The molecule has 0 saturated carbocycles. The lowest BCUT2D eigenvalue weighted by Crippen LogP contribution is -2.41. The SMILES string of the molecule is CS(=O)(=O)CC1COC(COCc2csc3nc(C(=O)NCc4cccc(Cl)c4)[nH]c(=O)c23)CO1. The van der Waals surface area contributed by atoms with Gasteiger partial charge in [0, 0.05) is 23.4 Å². The fourth-order valence-corrected chi connectivity index (χ4v) is 5.55. The Morgan fingerprint density at radius 1 is 1.31 bits per heavy atom. The van der Waals surface area contributed by atoms with Crippen molar-refractivity contribution < 1.29 is 27.4 Å². The highest BCUT2D eigenvalue weighted by atomic mass is 35.5. The molecule has 3 aromatic rings. The van der Waals surface area contributed by atoms with E-state index in [9.17, 15) is 18.0 Å². The molecule has 3 heterocycles. The predicted molar refractivity (Wildman–Crippen MR) is 132 cm³/mol. The number of thiophene rings is 1. The minimum atomic E-state index is -3.14. The van der Waals surface area contributed by atoms with Crippen LogP contribution in [0.15, 0.2) is 34.4 Å². The van der Waals surface area contributed by atoms with E-state index in [1.165, 1.54) is 11.3 Å². The average molecular weight is 542 g/mol. The second-order valence-electron chi connectivity index (χ2n) is 8.19. The van der Waals surface area contributed by atoms with Crippen molar-refractivity contribution in [3.8, 4) is 0 Å². The summed E-state index contributed by atoms with van der Waals surface area (Å²) < 4.78 is 39.6. The van der Waals surface area contributed by atoms with Crippen molar-refractivity contribution in [2.75, 3.05) is 31.8 Å². The van der Waals surface area contributed by atoms with Gasteiger partial charge in [-0.2, -0.15) is 0 Å². The molecular weight excluding hydrogens is 518 g/mol. The lowest BCUT2D eigenvalue weighted by molar-refractivity contribution is -0.146. The van der Waals surface area contributed by atoms with Gasteiger partial charge in [-0.25, -0.2) is 13.4 Å². The number of H-pyrrole nitrogens is 1. The molecule has 0 spiro atoms. The fraction of sp³-hybridized carbons (Fsp3) is 0.409. The molecule has 1 aromatic carbocycles. The normalized spacial score (nSPS) is 18.6. The van der Waals surface area contributed by atoms with E-state index >= 15 is 0 Å². The van der Waals surface area contributed by atoms with E-state index < -0.39 is 27.4 Å². The molecule has 0 radical (unpaired) electrons. The van der Waals surface area contributed by atoms with E-state index in [0.29, 0.717) is 20.8 Å². The molecule has 2 atom stereocenters. The second kappa shape index (κ2) is 11.1. The van der Waals surface area contributed by atoms with Gasteiger partial charge in [-0.3, -0.25) is 9.59 Å². The van der Waals surface area contributed by atoms with Crippen LogP contribution in [0.3, 0.4) is 0 Å². The number of nitrogens with zero attached hydrogens (tertiary/aromatic N) is 1. The molecule has 13 heteroatoms. The highest BCUT2D eigenvalue weighted by Crippen LogP contribution is 2.22. The molecule has 2 unspecified atom stereocenters. The second-order valence-corrected chi connectivity index (χ2v) is 11.7. The van der Waals surface area contributed by atoms with Crippen molar-refractivity contribution in [2.45, 2.75) is 25.4 Å². The summed E-state index contributed by atoms with van der Waals surface area (Å²) in [6, 6.07) is 7.10. The third-order valence-corrected chi connectivity index (χ3v) is 7.30. The molecule has 1 amide bonds. The average Bonchev–Trinajstić information content (AvgIpc) is 3.21. The first kappa shape index (κ1) is 25.7. The van der Waals surface area contributed by atoms with Crippen molar-refractivity contribution in [1.82, 2.24) is 15.3 Å². The maximum Gasteiger partial charge on any atom is 0.287 e. The Morgan fingerprint density at radius 3 is 2.80 bits per heavy atom. The van der Waals surface area contributed by atoms with Crippen LogP contribution >= 0.6 is 22.9 Å². The minimum absolute atomic E-state index is 0.0738. The smallest absolute Gasteiger partial charge is 0.287 e. The summed E-state index contributed by atoms with van der Waals surface area (Å²) in [5, 5.41) is 5.42. The number of aromatic amines is 1. The van der Waals surface area contributed by atoms with Crippen molar-refractivity contribution in [3.63, 3.8) is 0 Å². The van der Waals surface area contributed by atoms with E-state index in [-0.39, 0.29) is 50.7 Å². The molecule has 4 rings (SSSR count). The molecule has 2 N–H and O–H groups in total. The number of carbonyl (C=O) groups excluding carboxylic acids is 1. The van der Waals surface area contributed by atoms with Crippen LogP contribution in [0, 0.1) is 0 Å². The molecule has 10 nitrogen and oxygen atoms in total. The Labute approximate surface area is 210 Å². The number of hydrogen-bond acceptors (Lipinski definition) is 9. The van der Waals surface area contributed by atoms with Crippen molar-refractivity contribution in [1.29, 1.82) is 0 Å². The maximum absolute atomic E-state index is 12.7. The summed E-state index contributed by atoms with van der Waals surface area (Å²) in [7, 11) is -3.14. The molecular formula is C22H24ClN3O7S2. The summed E-state index contributed by atoms with van der Waals surface area (Å²) in [6.45, 7) is 1.01. The number of benzene rings is 1. The standard InChI is InChI=1S/C22H24ClN3O7S2/c1-35(29,30)12-17-10-32-16(9-33-17)8-31-7-14-11-34-22-18(14)20(27)25-19(26-22)21(28)24-6-13-3-2-4-15(23)5-13/h2-5,11,16-17H,6-10,12H2,1H3,(H,24,28)(H,25,26,27). The minimum Gasteiger partial charge on any atom is -0.374 e. The van der Waals surface area contributed by atoms with E-state index in [2.05, 4.69) is 15.3 Å². The number of ether oxygens (including phenoxy) is 3. The zero-order valence-electron chi connectivity index (χ0n) is 18.8. The highest BCUT2D eigenvalue weighted by Gasteiger charge is 2.25. The van der Waals surface area contributed by atoms with E-state index in [0.717, 1.165) is 11.8 Å². The summed E-state index contributed by atoms with van der Waals surface area (Å²) in [4.78, 5) is 32.4. The van der Waals surface area contributed by atoms with Gasteiger partial charge < -0.3 is 24.5 Å². The maximum atomic E-state index is 12.7. The van der Waals surface area contributed by atoms with Crippen LogP contribution < -0.4 is 10.9 Å².